The van der Waals surface area contributed by atoms with Crippen molar-refractivity contribution in [3.63, 3.8) is 0 Å². The molecule has 0 fully saturated rings. The summed E-state index contributed by atoms with van der Waals surface area (Å²) in [6.07, 6.45) is 0. The Balaban J connectivity index is 2.09. The zero-order valence-electron chi connectivity index (χ0n) is 13.2. The van der Waals surface area contributed by atoms with Crippen molar-refractivity contribution in [3.05, 3.63) is 69.8 Å². The molecule has 5 nitrogen and oxygen atoms in total. The molecule has 0 bridgehead atoms. The minimum atomic E-state index is -0.353. The largest absolute Gasteiger partial charge is 0.503 e. The summed E-state index contributed by atoms with van der Waals surface area (Å²) >= 11 is 0. The molecule has 2 aromatic rings. The monoisotopic (exact) mass is 310 g/mol. The van der Waals surface area contributed by atoms with Gasteiger partial charge in [0.2, 0.25) is 5.69 Å². The summed E-state index contributed by atoms with van der Waals surface area (Å²) in [5.74, 6) is 0.353. The van der Waals surface area contributed by atoms with Gasteiger partial charge in [-0.25, -0.2) is 4.85 Å². The first-order valence-corrected chi connectivity index (χ1v) is 7.13. The number of allylic oxidation sites excluding steroid dienone is 1. The Hall–Kier alpha value is -3.00. The van der Waals surface area contributed by atoms with Gasteiger partial charge in [-0.3, -0.25) is 9.36 Å². The predicted molar refractivity (Wildman–Crippen MR) is 90.0 cm³/mol. The average molecular weight is 310 g/mol. The number of pyridine rings is 1. The Labute approximate surface area is 134 Å². The summed E-state index contributed by atoms with van der Waals surface area (Å²) in [6, 6.07) is 8.81. The molecule has 0 radical (unpaired) electrons. The Morgan fingerprint density at radius 2 is 2.04 bits per heavy atom. The van der Waals surface area contributed by atoms with Crippen molar-refractivity contribution in [3.8, 4) is 11.6 Å². The van der Waals surface area contributed by atoms with Crippen molar-refractivity contribution in [2.75, 3.05) is 6.61 Å². The SMILES string of the molecule is [C-]#[N+]c1c(C)cc(=O)n(CCOc2ccc(C(=C)C)cc2)c1O. The summed E-state index contributed by atoms with van der Waals surface area (Å²) in [7, 11) is 0. The molecule has 1 heterocycles. The summed E-state index contributed by atoms with van der Waals surface area (Å²) in [5, 5.41) is 10.0. The highest BCUT2D eigenvalue weighted by molar-refractivity contribution is 5.61. The van der Waals surface area contributed by atoms with Crippen LogP contribution in [-0.2, 0) is 6.54 Å². The third kappa shape index (κ3) is 3.61. The van der Waals surface area contributed by atoms with Gasteiger partial charge in [0.1, 0.15) is 12.4 Å². The fraction of sp³-hybridized carbons (Fsp3) is 0.222. The molecule has 5 heteroatoms. The molecular formula is C18H18N2O3. The highest BCUT2D eigenvalue weighted by Crippen LogP contribution is 2.28. The number of aromatic nitrogens is 1. The minimum absolute atomic E-state index is 0.0930. The quantitative estimate of drug-likeness (QED) is 0.860. The van der Waals surface area contributed by atoms with E-state index in [0.717, 1.165) is 15.7 Å². The smallest absolute Gasteiger partial charge is 0.251 e. The molecule has 23 heavy (non-hydrogen) atoms. The van der Waals surface area contributed by atoms with E-state index in [-0.39, 0.29) is 30.3 Å². The van der Waals surface area contributed by atoms with Gasteiger partial charge in [-0.05, 0) is 43.2 Å². The molecule has 0 aliphatic heterocycles. The van der Waals surface area contributed by atoms with E-state index in [1.807, 2.05) is 31.2 Å². The Morgan fingerprint density at radius 3 is 2.61 bits per heavy atom. The number of rotatable bonds is 5. The molecule has 0 atom stereocenters. The first-order chi connectivity index (χ1) is 10.9. The summed E-state index contributed by atoms with van der Waals surface area (Å²) in [6.45, 7) is 14.9. The van der Waals surface area contributed by atoms with Crippen LogP contribution in [0.3, 0.4) is 0 Å². The second-order valence-electron chi connectivity index (χ2n) is 5.25. The minimum Gasteiger partial charge on any atom is -0.503 e. The fourth-order valence-electron chi connectivity index (χ4n) is 2.18. The molecule has 1 aromatic heterocycles. The van der Waals surface area contributed by atoms with Crippen molar-refractivity contribution in [2.45, 2.75) is 20.4 Å². The van der Waals surface area contributed by atoms with Crippen LogP contribution in [0.4, 0.5) is 5.69 Å². The van der Waals surface area contributed by atoms with Gasteiger partial charge in [0.25, 0.3) is 5.56 Å². The van der Waals surface area contributed by atoms with Crippen LogP contribution in [0.2, 0.25) is 0 Å². The molecule has 0 amide bonds. The molecular weight excluding hydrogens is 292 g/mol. The predicted octanol–water partition coefficient (Wildman–Crippen LogP) is 3.53. The van der Waals surface area contributed by atoms with Crippen molar-refractivity contribution >= 4 is 11.3 Å². The van der Waals surface area contributed by atoms with Crippen LogP contribution in [0.1, 0.15) is 18.1 Å². The fourth-order valence-corrected chi connectivity index (χ4v) is 2.18. The molecule has 1 N–H and O–H groups in total. The molecule has 0 saturated carbocycles. The maximum Gasteiger partial charge on any atom is 0.251 e. The van der Waals surface area contributed by atoms with Gasteiger partial charge < -0.3 is 9.84 Å². The van der Waals surface area contributed by atoms with Crippen LogP contribution >= 0.6 is 0 Å². The van der Waals surface area contributed by atoms with Crippen molar-refractivity contribution < 1.29 is 9.84 Å². The second kappa shape index (κ2) is 6.84. The van der Waals surface area contributed by atoms with E-state index >= 15 is 0 Å². The molecule has 0 spiro atoms. The lowest BCUT2D eigenvalue weighted by Crippen LogP contribution is -2.22. The van der Waals surface area contributed by atoms with E-state index in [4.69, 9.17) is 11.3 Å². The van der Waals surface area contributed by atoms with E-state index in [1.54, 1.807) is 6.92 Å². The van der Waals surface area contributed by atoms with Crippen LogP contribution in [0, 0.1) is 13.5 Å². The molecule has 2 rings (SSSR count). The average Bonchev–Trinajstić information content (AvgIpc) is 2.51. The Kier molecular flexibility index (Phi) is 4.87. The first-order valence-electron chi connectivity index (χ1n) is 7.13. The summed E-state index contributed by atoms with van der Waals surface area (Å²) < 4.78 is 6.72. The molecule has 0 unspecified atom stereocenters. The van der Waals surface area contributed by atoms with Gasteiger partial charge in [-0.2, -0.15) is 0 Å². The lowest BCUT2D eigenvalue weighted by molar-refractivity contribution is 0.284. The second-order valence-corrected chi connectivity index (χ2v) is 5.25. The Morgan fingerprint density at radius 1 is 1.39 bits per heavy atom. The molecule has 0 aliphatic carbocycles. The normalized spacial score (nSPS) is 10.1. The van der Waals surface area contributed by atoms with Crippen molar-refractivity contribution in [1.82, 2.24) is 4.57 Å². The number of aryl methyl sites for hydroxylation is 1. The van der Waals surface area contributed by atoms with E-state index in [0.29, 0.717) is 11.3 Å². The van der Waals surface area contributed by atoms with Gasteiger partial charge >= 0.3 is 0 Å². The van der Waals surface area contributed by atoms with Crippen LogP contribution in [0.15, 0.2) is 41.7 Å². The van der Waals surface area contributed by atoms with Crippen LogP contribution in [0.25, 0.3) is 10.4 Å². The molecule has 118 valence electrons. The number of ether oxygens (including phenoxy) is 1. The van der Waals surface area contributed by atoms with Crippen LogP contribution in [0.5, 0.6) is 11.6 Å². The maximum atomic E-state index is 11.9. The van der Waals surface area contributed by atoms with E-state index in [9.17, 15) is 9.90 Å². The van der Waals surface area contributed by atoms with Gasteiger partial charge in [0.15, 0.2) is 5.88 Å². The van der Waals surface area contributed by atoms with Crippen LogP contribution < -0.4 is 10.3 Å². The highest BCUT2D eigenvalue weighted by Gasteiger charge is 2.12. The first kappa shape index (κ1) is 16.4. The van der Waals surface area contributed by atoms with Gasteiger partial charge in [-0.15, -0.1) is 0 Å². The maximum absolute atomic E-state index is 11.9. The van der Waals surface area contributed by atoms with Crippen LogP contribution in [-0.4, -0.2) is 16.3 Å². The van der Waals surface area contributed by atoms with Gasteiger partial charge in [0, 0.05) is 0 Å². The van der Waals surface area contributed by atoms with E-state index < -0.39 is 0 Å². The zero-order valence-corrected chi connectivity index (χ0v) is 13.2. The molecule has 0 aliphatic rings. The number of hydrogen-bond acceptors (Lipinski definition) is 3. The molecule has 1 aromatic carbocycles. The summed E-state index contributed by atoms with van der Waals surface area (Å²) in [4.78, 5) is 15.2. The Bertz CT molecular complexity index is 827. The van der Waals surface area contributed by atoms with E-state index in [2.05, 4.69) is 11.4 Å². The molecule has 0 saturated heterocycles. The van der Waals surface area contributed by atoms with E-state index in [1.165, 1.54) is 6.07 Å². The standard InChI is InChI=1S/C18H18N2O3/c1-12(2)14-5-7-15(8-6-14)23-10-9-20-16(21)11-13(3)17(19-4)18(20)22/h5-8,11,22H,1,9-10H2,2-3H3. The zero-order chi connectivity index (χ0) is 17.0. The number of benzene rings is 1. The van der Waals surface area contributed by atoms with Gasteiger partial charge in [0.05, 0.1) is 13.1 Å². The van der Waals surface area contributed by atoms with Crippen molar-refractivity contribution in [1.29, 1.82) is 0 Å². The van der Waals surface area contributed by atoms with Gasteiger partial charge in [-0.1, -0.05) is 24.3 Å². The lowest BCUT2D eigenvalue weighted by atomic mass is 10.1. The summed E-state index contributed by atoms with van der Waals surface area (Å²) in [5.41, 5.74) is 2.21. The number of aromatic hydroxyl groups is 1. The third-order valence-corrected chi connectivity index (χ3v) is 3.49. The van der Waals surface area contributed by atoms with Crippen molar-refractivity contribution in [2.24, 2.45) is 0 Å². The number of hydrogen-bond donors (Lipinski definition) is 1. The lowest BCUT2D eigenvalue weighted by Gasteiger charge is -2.12. The number of nitrogens with zero attached hydrogens (tertiary/aromatic N) is 2. The highest BCUT2D eigenvalue weighted by atomic mass is 16.5. The topological polar surface area (TPSA) is 55.8 Å². The third-order valence-electron chi connectivity index (χ3n) is 3.49.